The molecule has 3 amide bonds. The normalized spacial score (nSPS) is 21.3. The van der Waals surface area contributed by atoms with E-state index >= 15 is 0 Å². The minimum Gasteiger partial charge on any atom is -0.340 e. The van der Waals surface area contributed by atoms with E-state index in [2.05, 4.69) is 5.10 Å². The zero-order chi connectivity index (χ0) is 20.4. The third kappa shape index (κ3) is 4.09. The van der Waals surface area contributed by atoms with Crippen LogP contribution in [-0.4, -0.2) is 50.9 Å². The van der Waals surface area contributed by atoms with Gasteiger partial charge in [0.1, 0.15) is 6.54 Å². The van der Waals surface area contributed by atoms with Crippen LogP contribution in [0.2, 0.25) is 0 Å². The van der Waals surface area contributed by atoms with Crippen molar-refractivity contribution in [3.05, 3.63) is 53.9 Å². The highest BCUT2D eigenvalue weighted by molar-refractivity contribution is 6.07. The first-order valence-corrected chi connectivity index (χ1v) is 10.2. The maximum atomic E-state index is 12.7. The molecule has 7 nitrogen and oxygen atoms in total. The first-order chi connectivity index (χ1) is 14.0. The van der Waals surface area contributed by atoms with Crippen molar-refractivity contribution in [3.8, 4) is 0 Å². The van der Waals surface area contributed by atoms with Crippen LogP contribution in [0.5, 0.6) is 0 Å². The zero-order valence-corrected chi connectivity index (χ0v) is 16.7. The van der Waals surface area contributed by atoms with E-state index in [-0.39, 0.29) is 36.1 Å². The molecule has 1 aliphatic heterocycles. The van der Waals surface area contributed by atoms with Crippen molar-refractivity contribution in [3.63, 3.8) is 0 Å². The number of hydrogen-bond donors (Lipinski definition) is 0. The molecule has 0 N–H and O–H groups in total. The molecule has 29 heavy (non-hydrogen) atoms. The molecule has 1 saturated heterocycles. The molecular formula is C22H26N4O3. The zero-order valence-electron chi connectivity index (χ0n) is 16.7. The van der Waals surface area contributed by atoms with Crippen molar-refractivity contribution >= 4 is 17.7 Å². The molecule has 4 rings (SSSR count). The summed E-state index contributed by atoms with van der Waals surface area (Å²) in [6, 6.07) is 10.0. The molecular weight excluding hydrogens is 368 g/mol. The molecule has 152 valence electrons. The Morgan fingerprint density at radius 3 is 2.38 bits per heavy atom. The Balaban J connectivity index is 1.34. The summed E-state index contributed by atoms with van der Waals surface area (Å²) >= 11 is 0. The molecule has 2 fully saturated rings. The van der Waals surface area contributed by atoms with Crippen molar-refractivity contribution in [1.82, 2.24) is 19.6 Å². The fourth-order valence-corrected chi connectivity index (χ4v) is 4.35. The van der Waals surface area contributed by atoms with Crippen LogP contribution in [0.4, 0.5) is 0 Å². The van der Waals surface area contributed by atoms with Crippen LogP contribution in [0.15, 0.2) is 42.7 Å². The summed E-state index contributed by atoms with van der Waals surface area (Å²) in [5.41, 5.74) is 2.06. The summed E-state index contributed by atoms with van der Waals surface area (Å²) in [7, 11) is 1.69. The van der Waals surface area contributed by atoms with Crippen molar-refractivity contribution in [1.29, 1.82) is 0 Å². The molecule has 1 aromatic heterocycles. The van der Waals surface area contributed by atoms with Crippen LogP contribution in [-0.2, 0) is 27.5 Å². The van der Waals surface area contributed by atoms with E-state index in [9.17, 15) is 14.4 Å². The number of likely N-dealkylation sites (tertiary alicyclic amines) is 1. The van der Waals surface area contributed by atoms with E-state index in [1.54, 1.807) is 18.1 Å². The van der Waals surface area contributed by atoms with E-state index in [4.69, 9.17) is 0 Å². The number of aromatic nitrogens is 2. The van der Waals surface area contributed by atoms with Gasteiger partial charge in [0, 0.05) is 25.4 Å². The van der Waals surface area contributed by atoms with Gasteiger partial charge in [-0.05, 0) is 18.4 Å². The molecule has 2 heterocycles. The van der Waals surface area contributed by atoms with Crippen molar-refractivity contribution in [2.75, 3.05) is 13.6 Å². The van der Waals surface area contributed by atoms with E-state index in [1.165, 1.54) is 4.90 Å². The van der Waals surface area contributed by atoms with E-state index in [1.807, 2.05) is 41.2 Å². The Kier molecular flexibility index (Phi) is 5.47. The first kappa shape index (κ1) is 19.4. The molecule has 0 spiro atoms. The molecule has 0 unspecified atom stereocenters. The molecule has 1 aliphatic carbocycles. The van der Waals surface area contributed by atoms with Gasteiger partial charge in [0.25, 0.3) is 0 Å². The van der Waals surface area contributed by atoms with Gasteiger partial charge < -0.3 is 4.90 Å². The van der Waals surface area contributed by atoms with Gasteiger partial charge in [-0.15, -0.1) is 0 Å². The second kappa shape index (κ2) is 8.19. The van der Waals surface area contributed by atoms with Gasteiger partial charge in [-0.1, -0.05) is 43.2 Å². The number of amides is 3. The summed E-state index contributed by atoms with van der Waals surface area (Å²) in [4.78, 5) is 40.5. The van der Waals surface area contributed by atoms with Crippen LogP contribution in [0, 0.1) is 11.8 Å². The minimum absolute atomic E-state index is 0.167. The summed E-state index contributed by atoms with van der Waals surface area (Å²) < 4.78 is 1.83. The number of imide groups is 1. The molecule has 0 radical (unpaired) electrons. The SMILES string of the molecule is CN(Cc1cnn(Cc2ccccc2)c1)C(=O)CN1C(=O)[C@H]2CCCC[C@@H]2C1=O. The minimum atomic E-state index is -0.235. The number of rotatable bonds is 6. The Morgan fingerprint density at radius 2 is 1.72 bits per heavy atom. The van der Waals surface area contributed by atoms with Crippen LogP contribution in [0.3, 0.4) is 0 Å². The summed E-state index contributed by atoms with van der Waals surface area (Å²) in [6.07, 6.45) is 7.14. The fraction of sp³-hybridized carbons (Fsp3) is 0.455. The predicted octanol–water partition coefficient (Wildman–Crippen LogP) is 2.07. The molecule has 0 bridgehead atoms. The van der Waals surface area contributed by atoms with Gasteiger partial charge in [0.15, 0.2) is 0 Å². The average Bonchev–Trinajstić information content (AvgIpc) is 3.26. The molecule has 1 saturated carbocycles. The number of benzene rings is 1. The van der Waals surface area contributed by atoms with Gasteiger partial charge in [0.05, 0.1) is 24.6 Å². The standard InChI is InChI=1S/C22H26N4O3/c1-24(12-17-11-23-25(14-17)13-16-7-3-2-4-8-16)20(27)15-26-21(28)18-9-5-6-10-19(18)22(26)29/h2-4,7-8,11,14,18-19H,5-6,9-10,12-13,15H2,1H3/t18-,19-/m0/s1. The van der Waals surface area contributed by atoms with E-state index in [0.717, 1.165) is 36.8 Å². The maximum absolute atomic E-state index is 12.7. The van der Waals surface area contributed by atoms with Crippen LogP contribution < -0.4 is 0 Å². The Labute approximate surface area is 170 Å². The average molecular weight is 394 g/mol. The number of likely N-dealkylation sites (N-methyl/N-ethyl adjacent to an activating group) is 1. The van der Waals surface area contributed by atoms with Crippen LogP contribution in [0.1, 0.15) is 36.8 Å². The van der Waals surface area contributed by atoms with E-state index in [0.29, 0.717) is 13.1 Å². The number of hydrogen-bond acceptors (Lipinski definition) is 4. The highest BCUT2D eigenvalue weighted by Crippen LogP contribution is 2.37. The molecule has 2 atom stereocenters. The molecule has 2 aromatic rings. The maximum Gasteiger partial charge on any atom is 0.242 e. The Hall–Kier alpha value is -2.96. The quantitative estimate of drug-likeness (QED) is 0.703. The lowest BCUT2D eigenvalue weighted by molar-refractivity contribution is -0.146. The number of fused-ring (bicyclic) bond motifs is 1. The number of carbonyl (C=O) groups excluding carboxylic acids is 3. The van der Waals surface area contributed by atoms with Gasteiger partial charge in [-0.25, -0.2) is 0 Å². The van der Waals surface area contributed by atoms with Gasteiger partial charge >= 0.3 is 0 Å². The molecule has 1 aromatic carbocycles. The monoisotopic (exact) mass is 394 g/mol. The van der Waals surface area contributed by atoms with Gasteiger partial charge in [-0.3, -0.25) is 24.0 Å². The number of carbonyl (C=O) groups is 3. The highest BCUT2D eigenvalue weighted by atomic mass is 16.2. The van der Waals surface area contributed by atoms with Gasteiger partial charge in [-0.2, -0.15) is 5.10 Å². The second-order valence-electron chi connectivity index (χ2n) is 8.04. The lowest BCUT2D eigenvalue weighted by Crippen LogP contribution is -2.41. The Morgan fingerprint density at radius 1 is 1.07 bits per heavy atom. The van der Waals surface area contributed by atoms with E-state index < -0.39 is 0 Å². The van der Waals surface area contributed by atoms with Crippen LogP contribution >= 0.6 is 0 Å². The lowest BCUT2D eigenvalue weighted by Gasteiger charge is -2.20. The third-order valence-electron chi connectivity index (χ3n) is 5.95. The first-order valence-electron chi connectivity index (χ1n) is 10.2. The lowest BCUT2D eigenvalue weighted by atomic mass is 9.81. The summed E-state index contributed by atoms with van der Waals surface area (Å²) in [5, 5.41) is 4.36. The summed E-state index contributed by atoms with van der Waals surface area (Å²) in [5.74, 6) is -1.01. The van der Waals surface area contributed by atoms with Crippen LogP contribution in [0.25, 0.3) is 0 Å². The Bertz CT molecular complexity index is 884. The fourth-order valence-electron chi connectivity index (χ4n) is 4.35. The molecule has 2 aliphatic rings. The van der Waals surface area contributed by atoms with Crippen molar-refractivity contribution in [2.45, 2.75) is 38.8 Å². The largest absolute Gasteiger partial charge is 0.340 e. The highest BCUT2D eigenvalue weighted by Gasteiger charge is 2.48. The third-order valence-corrected chi connectivity index (χ3v) is 5.95. The number of nitrogens with zero attached hydrogens (tertiary/aromatic N) is 4. The smallest absolute Gasteiger partial charge is 0.242 e. The van der Waals surface area contributed by atoms with Crippen molar-refractivity contribution < 1.29 is 14.4 Å². The second-order valence-corrected chi connectivity index (χ2v) is 8.04. The summed E-state index contributed by atoms with van der Waals surface area (Å²) in [6.45, 7) is 0.883. The van der Waals surface area contributed by atoms with Gasteiger partial charge in [0.2, 0.25) is 17.7 Å². The predicted molar refractivity (Wildman–Crippen MR) is 106 cm³/mol. The molecule has 7 heteroatoms. The van der Waals surface area contributed by atoms with Crippen molar-refractivity contribution in [2.24, 2.45) is 11.8 Å². The topological polar surface area (TPSA) is 75.5 Å².